The molecule has 0 aromatic carbocycles. The first-order chi connectivity index (χ1) is 8.06. The molecule has 0 amide bonds. The summed E-state index contributed by atoms with van der Waals surface area (Å²) in [7, 11) is 0. The van der Waals surface area contributed by atoms with Crippen LogP contribution in [0.5, 0.6) is 0 Å². The minimum Gasteiger partial charge on any atom is -0.328 e. The maximum Gasteiger partial charge on any atom is 0.0244 e. The summed E-state index contributed by atoms with van der Waals surface area (Å²) in [5.41, 5.74) is 7.54. The molecule has 2 unspecified atom stereocenters. The second kappa shape index (κ2) is 5.51. The molecule has 2 heterocycles. The van der Waals surface area contributed by atoms with Crippen molar-refractivity contribution in [1.82, 2.24) is 4.90 Å². The Balaban J connectivity index is 1.97. The molecule has 1 aliphatic heterocycles. The first-order valence-corrected chi connectivity index (χ1v) is 7.41. The molecule has 1 aliphatic rings. The molecule has 0 spiro atoms. The third-order valence-electron chi connectivity index (χ3n) is 3.82. The molecule has 2 atom stereocenters. The van der Waals surface area contributed by atoms with Gasteiger partial charge in [0.05, 0.1) is 0 Å². The standard InChI is InChI=1S/C14H24N2S/c1-10-7-14(12(3)17-10)9-16-6-4-5-13(8-16)11(2)15/h7,11,13H,4-6,8-9,15H2,1-3H3. The van der Waals surface area contributed by atoms with Crippen LogP contribution >= 0.6 is 11.3 Å². The van der Waals surface area contributed by atoms with Crippen LogP contribution in [0.25, 0.3) is 0 Å². The summed E-state index contributed by atoms with van der Waals surface area (Å²) >= 11 is 1.91. The average Bonchev–Trinajstić information content (AvgIpc) is 2.58. The Kier molecular flexibility index (Phi) is 4.23. The van der Waals surface area contributed by atoms with E-state index in [1.54, 1.807) is 0 Å². The molecule has 1 aromatic heterocycles. The van der Waals surface area contributed by atoms with Crippen molar-refractivity contribution in [2.75, 3.05) is 13.1 Å². The van der Waals surface area contributed by atoms with E-state index in [0.29, 0.717) is 12.0 Å². The largest absolute Gasteiger partial charge is 0.328 e. The van der Waals surface area contributed by atoms with Crippen LogP contribution in [0.1, 0.15) is 35.1 Å². The minimum atomic E-state index is 0.336. The fraction of sp³-hybridized carbons (Fsp3) is 0.714. The molecular formula is C14H24N2S. The molecule has 1 saturated heterocycles. The van der Waals surface area contributed by atoms with E-state index in [4.69, 9.17) is 5.73 Å². The molecule has 17 heavy (non-hydrogen) atoms. The van der Waals surface area contributed by atoms with Crippen LogP contribution in [0.2, 0.25) is 0 Å². The summed E-state index contributed by atoms with van der Waals surface area (Å²) in [5, 5.41) is 0. The fourth-order valence-electron chi connectivity index (χ4n) is 2.75. The number of piperidine rings is 1. The number of likely N-dealkylation sites (tertiary alicyclic amines) is 1. The SMILES string of the molecule is Cc1cc(CN2CCCC(C(C)N)C2)c(C)s1. The lowest BCUT2D eigenvalue weighted by molar-refractivity contribution is 0.154. The van der Waals surface area contributed by atoms with Gasteiger partial charge in [0.25, 0.3) is 0 Å². The zero-order valence-electron chi connectivity index (χ0n) is 11.2. The first-order valence-electron chi connectivity index (χ1n) is 6.60. The summed E-state index contributed by atoms with van der Waals surface area (Å²) in [5.74, 6) is 0.684. The van der Waals surface area contributed by atoms with E-state index in [9.17, 15) is 0 Å². The average molecular weight is 252 g/mol. The highest BCUT2D eigenvalue weighted by atomic mass is 32.1. The van der Waals surface area contributed by atoms with Gasteiger partial charge in [-0.2, -0.15) is 0 Å². The van der Waals surface area contributed by atoms with E-state index in [-0.39, 0.29) is 0 Å². The van der Waals surface area contributed by atoms with Gasteiger partial charge in [-0.25, -0.2) is 0 Å². The van der Waals surface area contributed by atoms with Crippen molar-refractivity contribution >= 4 is 11.3 Å². The third kappa shape index (κ3) is 3.30. The Bertz CT molecular complexity index is 370. The minimum absolute atomic E-state index is 0.336. The lowest BCUT2D eigenvalue weighted by atomic mass is 9.92. The maximum atomic E-state index is 6.03. The van der Waals surface area contributed by atoms with E-state index in [0.717, 1.165) is 6.54 Å². The molecule has 0 bridgehead atoms. The number of thiophene rings is 1. The van der Waals surface area contributed by atoms with Crippen LogP contribution in [0.4, 0.5) is 0 Å². The summed E-state index contributed by atoms with van der Waals surface area (Å²) in [6.45, 7) is 10.1. The lowest BCUT2D eigenvalue weighted by Crippen LogP contribution is -2.41. The van der Waals surface area contributed by atoms with Gasteiger partial charge >= 0.3 is 0 Å². The number of hydrogen-bond donors (Lipinski definition) is 1. The Morgan fingerprint density at radius 2 is 2.29 bits per heavy atom. The monoisotopic (exact) mass is 252 g/mol. The van der Waals surface area contributed by atoms with Gasteiger partial charge in [-0.3, -0.25) is 4.90 Å². The summed E-state index contributed by atoms with van der Waals surface area (Å²) < 4.78 is 0. The quantitative estimate of drug-likeness (QED) is 0.896. The number of rotatable bonds is 3. The number of nitrogens with two attached hydrogens (primary N) is 1. The van der Waals surface area contributed by atoms with E-state index in [1.165, 1.54) is 41.2 Å². The summed E-state index contributed by atoms with van der Waals surface area (Å²) in [4.78, 5) is 5.48. The van der Waals surface area contributed by atoms with Crippen LogP contribution in [0, 0.1) is 19.8 Å². The Hall–Kier alpha value is -0.380. The Morgan fingerprint density at radius 3 is 2.88 bits per heavy atom. The van der Waals surface area contributed by atoms with E-state index >= 15 is 0 Å². The third-order valence-corrected chi connectivity index (χ3v) is 4.83. The van der Waals surface area contributed by atoms with Gasteiger partial charge in [0, 0.05) is 28.9 Å². The second-order valence-corrected chi connectivity index (χ2v) is 6.90. The number of aryl methyl sites for hydroxylation is 2. The topological polar surface area (TPSA) is 29.3 Å². The summed E-state index contributed by atoms with van der Waals surface area (Å²) in [6.07, 6.45) is 2.60. The van der Waals surface area contributed by atoms with Gasteiger partial charge in [-0.05, 0) is 57.7 Å². The van der Waals surface area contributed by atoms with Gasteiger partial charge in [0.1, 0.15) is 0 Å². The molecule has 1 fully saturated rings. The van der Waals surface area contributed by atoms with Crippen molar-refractivity contribution in [3.8, 4) is 0 Å². The molecule has 1 aromatic rings. The zero-order valence-corrected chi connectivity index (χ0v) is 12.0. The van der Waals surface area contributed by atoms with E-state index in [2.05, 4.69) is 31.7 Å². The molecule has 2 N–H and O–H groups in total. The maximum absolute atomic E-state index is 6.03. The number of hydrogen-bond acceptors (Lipinski definition) is 3. The van der Waals surface area contributed by atoms with Crippen molar-refractivity contribution in [2.24, 2.45) is 11.7 Å². The van der Waals surface area contributed by atoms with Crippen molar-refractivity contribution < 1.29 is 0 Å². The molecule has 2 rings (SSSR count). The van der Waals surface area contributed by atoms with Crippen molar-refractivity contribution in [3.05, 3.63) is 21.4 Å². The van der Waals surface area contributed by atoms with Crippen molar-refractivity contribution in [2.45, 2.75) is 46.2 Å². The van der Waals surface area contributed by atoms with Gasteiger partial charge in [-0.15, -0.1) is 11.3 Å². The van der Waals surface area contributed by atoms with Crippen molar-refractivity contribution in [1.29, 1.82) is 0 Å². The molecule has 96 valence electrons. The fourth-order valence-corrected chi connectivity index (χ4v) is 3.68. The van der Waals surface area contributed by atoms with Crippen LogP contribution in [-0.4, -0.2) is 24.0 Å². The molecular weight excluding hydrogens is 228 g/mol. The highest BCUT2D eigenvalue weighted by molar-refractivity contribution is 7.12. The zero-order chi connectivity index (χ0) is 12.4. The summed E-state index contributed by atoms with van der Waals surface area (Å²) in [6, 6.07) is 2.68. The normalized spacial score (nSPS) is 23.9. The molecule has 3 heteroatoms. The van der Waals surface area contributed by atoms with E-state index in [1.807, 2.05) is 11.3 Å². The predicted octanol–water partition coefficient (Wildman–Crippen LogP) is 2.92. The van der Waals surface area contributed by atoms with Crippen molar-refractivity contribution in [3.63, 3.8) is 0 Å². The van der Waals surface area contributed by atoms with Gasteiger partial charge in [0.15, 0.2) is 0 Å². The van der Waals surface area contributed by atoms with Crippen LogP contribution in [0.15, 0.2) is 6.07 Å². The smallest absolute Gasteiger partial charge is 0.0244 e. The Labute approximate surface area is 109 Å². The highest BCUT2D eigenvalue weighted by Gasteiger charge is 2.23. The van der Waals surface area contributed by atoms with Crippen LogP contribution < -0.4 is 5.73 Å². The molecule has 0 radical (unpaired) electrons. The van der Waals surface area contributed by atoms with Crippen LogP contribution in [-0.2, 0) is 6.54 Å². The van der Waals surface area contributed by atoms with Gasteiger partial charge in [-0.1, -0.05) is 0 Å². The predicted molar refractivity (Wildman–Crippen MR) is 75.4 cm³/mol. The highest BCUT2D eigenvalue weighted by Crippen LogP contribution is 2.25. The first kappa shape index (κ1) is 13.1. The van der Waals surface area contributed by atoms with Gasteiger partial charge < -0.3 is 5.73 Å². The lowest BCUT2D eigenvalue weighted by Gasteiger charge is -2.34. The second-order valence-electron chi connectivity index (χ2n) is 5.44. The van der Waals surface area contributed by atoms with Crippen LogP contribution in [0.3, 0.4) is 0 Å². The Morgan fingerprint density at radius 1 is 1.53 bits per heavy atom. The number of nitrogens with zero attached hydrogens (tertiary/aromatic N) is 1. The molecule has 0 aliphatic carbocycles. The van der Waals surface area contributed by atoms with E-state index < -0.39 is 0 Å². The van der Waals surface area contributed by atoms with Gasteiger partial charge in [0.2, 0.25) is 0 Å². The molecule has 0 saturated carbocycles. The molecule has 2 nitrogen and oxygen atoms in total.